The summed E-state index contributed by atoms with van der Waals surface area (Å²) in [6, 6.07) is 14.1. The van der Waals surface area contributed by atoms with Gasteiger partial charge in [-0.2, -0.15) is 4.31 Å². The number of amides is 1. The molecule has 2 aromatic rings. The fourth-order valence-electron chi connectivity index (χ4n) is 4.24. The number of carbonyl (C=O) groups is 1. The van der Waals surface area contributed by atoms with Crippen LogP contribution >= 0.6 is 7.60 Å². The predicted molar refractivity (Wildman–Crippen MR) is 148 cm³/mol. The fraction of sp³-hybridized carbons (Fsp3) is 0.500. The van der Waals surface area contributed by atoms with Crippen LogP contribution in [0.5, 0.6) is 0 Å². The SMILES string of the molecule is CC(C)CN(C[C@@H](OP(C)(=O)O)[C@H](Cc1ccccc1)NC(=O)O[C@H]1CCOC1)S(=O)(=O)c1ccc(N)cc1. The Morgan fingerprint density at radius 2 is 1.85 bits per heavy atom. The topological polar surface area (TPSA) is 157 Å². The minimum atomic E-state index is -4.12. The third-order valence-corrected chi connectivity index (χ3v) is 8.52. The average molecular weight is 584 g/mol. The smallest absolute Gasteiger partial charge is 0.407 e. The van der Waals surface area contributed by atoms with E-state index in [1.807, 2.05) is 44.2 Å². The molecular weight excluding hydrogens is 545 g/mol. The zero-order chi connectivity index (χ0) is 28.6. The maximum absolute atomic E-state index is 13.7. The molecule has 11 nitrogen and oxygen atoms in total. The first kappa shape index (κ1) is 31.1. The third-order valence-electron chi connectivity index (χ3n) is 6.01. The first-order chi connectivity index (χ1) is 18.3. The van der Waals surface area contributed by atoms with E-state index in [2.05, 4.69) is 5.32 Å². The molecule has 0 bridgehead atoms. The van der Waals surface area contributed by atoms with Crippen molar-refractivity contribution in [3.05, 3.63) is 60.2 Å². The van der Waals surface area contributed by atoms with E-state index < -0.39 is 42.0 Å². The number of anilines is 1. The van der Waals surface area contributed by atoms with Crippen LogP contribution in [0.3, 0.4) is 0 Å². The summed E-state index contributed by atoms with van der Waals surface area (Å²) < 4.78 is 57.4. The molecule has 0 aliphatic carbocycles. The molecule has 1 aliphatic rings. The lowest BCUT2D eigenvalue weighted by atomic mass is 10.0. The van der Waals surface area contributed by atoms with Crippen molar-refractivity contribution in [2.75, 3.05) is 38.7 Å². The number of nitrogens with zero attached hydrogens (tertiary/aromatic N) is 1. The van der Waals surface area contributed by atoms with E-state index in [1.165, 1.54) is 28.6 Å². The van der Waals surface area contributed by atoms with E-state index in [-0.39, 0.29) is 36.9 Å². The Balaban J connectivity index is 1.96. The largest absolute Gasteiger partial charge is 0.444 e. The van der Waals surface area contributed by atoms with Crippen molar-refractivity contribution in [3.8, 4) is 0 Å². The standard InChI is InChI=1S/C26H38N3O8PS/c1-19(2)16-29(39(33,34)23-11-9-21(27)10-12-23)17-25(37-38(3,31)32)24(15-20-7-5-4-6-8-20)28-26(30)36-22-13-14-35-18-22/h4-12,19,22,24-25H,13-18,27H2,1-3H3,(H,28,30)(H,31,32)/t22-,24-,25+/m0/s1. The highest BCUT2D eigenvalue weighted by molar-refractivity contribution is 7.89. The molecule has 4 atom stereocenters. The van der Waals surface area contributed by atoms with Crippen LogP contribution in [-0.4, -0.2) is 74.9 Å². The van der Waals surface area contributed by atoms with E-state index in [0.717, 1.165) is 12.2 Å². The Morgan fingerprint density at radius 3 is 2.41 bits per heavy atom. The van der Waals surface area contributed by atoms with E-state index in [0.29, 0.717) is 18.7 Å². The summed E-state index contributed by atoms with van der Waals surface area (Å²) in [4.78, 5) is 23.1. The van der Waals surface area contributed by atoms with Gasteiger partial charge >= 0.3 is 13.7 Å². The molecule has 1 unspecified atom stereocenters. The van der Waals surface area contributed by atoms with Gasteiger partial charge in [0.15, 0.2) is 0 Å². The second-order valence-corrected chi connectivity index (χ2v) is 13.8. The maximum atomic E-state index is 13.7. The minimum Gasteiger partial charge on any atom is -0.444 e. The molecule has 1 heterocycles. The average Bonchev–Trinajstić information content (AvgIpc) is 3.35. The molecule has 4 N–H and O–H groups in total. The van der Waals surface area contributed by atoms with Gasteiger partial charge in [-0.05, 0) is 42.2 Å². The Kier molecular flexibility index (Phi) is 10.9. The summed E-state index contributed by atoms with van der Waals surface area (Å²) in [5.74, 6) is -0.0790. The lowest BCUT2D eigenvalue weighted by molar-refractivity contribution is 0.0675. The minimum absolute atomic E-state index is 0.0213. The van der Waals surface area contributed by atoms with Gasteiger partial charge in [-0.25, -0.2) is 13.2 Å². The molecule has 0 spiro atoms. The van der Waals surface area contributed by atoms with Crippen molar-refractivity contribution in [2.24, 2.45) is 5.92 Å². The number of carbonyl (C=O) groups excluding carboxylic acids is 1. The summed E-state index contributed by atoms with van der Waals surface area (Å²) >= 11 is 0. The van der Waals surface area contributed by atoms with Gasteiger partial charge < -0.3 is 29.9 Å². The zero-order valence-corrected chi connectivity index (χ0v) is 24.1. The van der Waals surface area contributed by atoms with Crippen molar-refractivity contribution in [1.82, 2.24) is 9.62 Å². The molecule has 3 rings (SSSR count). The van der Waals surface area contributed by atoms with Crippen LogP contribution in [0.15, 0.2) is 59.5 Å². The number of nitrogen functional groups attached to an aromatic ring is 1. The second-order valence-electron chi connectivity index (χ2n) is 10.1. The van der Waals surface area contributed by atoms with Crippen LogP contribution < -0.4 is 11.1 Å². The lowest BCUT2D eigenvalue weighted by Gasteiger charge is -2.33. The number of nitrogens with one attached hydrogen (secondary N) is 1. The van der Waals surface area contributed by atoms with E-state index >= 15 is 0 Å². The zero-order valence-electron chi connectivity index (χ0n) is 22.4. The van der Waals surface area contributed by atoms with Crippen molar-refractivity contribution >= 4 is 29.4 Å². The summed E-state index contributed by atoms with van der Waals surface area (Å²) in [5.41, 5.74) is 6.97. The van der Waals surface area contributed by atoms with Gasteiger partial charge in [0.05, 0.1) is 24.2 Å². The molecule has 1 fully saturated rings. The first-order valence-corrected chi connectivity index (χ1v) is 16.2. The van der Waals surface area contributed by atoms with Gasteiger partial charge in [0, 0.05) is 31.9 Å². The molecule has 0 aromatic heterocycles. The maximum Gasteiger partial charge on any atom is 0.407 e. The fourth-order valence-corrected chi connectivity index (χ4v) is 6.57. The Hall–Kier alpha value is -2.47. The number of alkyl carbamates (subject to hydrolysis) is 1. The number of ether oxygens (including phenoxy) is 2. The van der Waals surface area contributed by atoms with Crippen molar-refractivity contribution in [3.63, 3.8) is 0 Å². The summed E-state index contributed by atoms with van der Waals surface area (Å²) in [6.07, 6.45) is -1.61. The van der Waals surface area contributed by atoms with Gasteiger partial charge in [0.1, 0.15) is 12.2 Å². The highest BCUT2D eigenvalue weighted by Crippen LogP contribution is 2.40. The van der Waals surface area contributed by atoms with Crippen LogP contribution in [0.2, 0.25) is 0 Å². The van der Waals surface area contributed by atoms with Crippen LogP contribution in [0, 0.1) is 5.92 Å². The number of benzene rings is 2. The Morgan fingerprint density at radius 1 is 1.18 bits per heavy atom. The molecule has 13 heteroatoms. The Labute approximate surface area is 230 Å². The van der Waals surface area contributed by atoms with Gasteiger partial charge in [0.25, 0.3) is 0 Å². The molecule has 1 aliphatic heterocycles. The summed E-state index contributed by atoms with van der Waals surface area (Å²) in [7, 11) is -8.18. The van der Waals surface area contributed by atoms with E-state index in [4.69, 9.17) is 19.7 Å². The van der Waals surface area contributed by atoms with E-state index in [1.54, 1.807) is 0 Å². The molecule has 39 heavy (non-hydrogen) atoms. The van der Waals surface area contributed by atoms with Gasteiger partial charge in [-0.1, -0.05) is 44.2 Å². The molecule has 216 valence electrons. The van der Waals surface area contributed by atoms with Crippen LogP contribution in [-0.2, 0) is 35.0 Å². The molecule has 1 saturated heterocycles. The molecule has 0 radical (unpaired) electrons. The summed E-state index contributed by atoms with van der Waals surface area (Å²) in [5, 5.41) is 2.76. The highest BCUT2D eigenvalue weighted by atomic mass is 32.2. The predicted octanol–water partition coefficient (Wildman–Crippen LogP) is 3.24. The van der Waals surface area contributed by atoms with Gasteiger partial charge in [-0.3, -0.25) is 4.57 Å². The first-order valence-electron chi connectivity index (χ1n) is 12.8. The van der Waals surface area contributed by atoms with Crippen LogP contribution in [0.25, 0.3) is 0 Å². The van der Waals surface area contributed by atoms with Gasteiger partial charge in [-0.15, -0.1) is 0 Å². The summed E-state index contributed by atoms with van der Waals surface area (Å²) in [6.45, 7) is 5.31. The third kappa shape index (κ3) is 9.90. The lowest BCUT2D eigenvalue weighted by Crippen LogP contribution is -2.52. The number of hydrogen-bond donors (Lipinski definition) is 3. The molecule has 1 amide bonds. The number of nitrogens with two attached hydrogens (primary N) is 1. The quantitative estimate of drug-likeness (QED) is 0.238. The number of sulfonamides is 1. The van der Waals surface area contributed by atoms with Crippen LogP contribution in [0.4, 0.5) is 10.5 Å². The molecule has 0 saturated carbocycles. The van der Waals surface area contributed by atoms with Crippen LogP contribution in [0.1, 0.15) is 25.8 Å². The normalized spacial score (nSPS) is 19.0. The monoisotopic (exact) mass is 583 g/mol. The molecular formula is C26H38N3O8PS. The van der Waals surface area contributed by atoms with Crippen molar-refractivity contribution < 1.29 is 36.7 Å². The second kappa shape index (κ2) is 13.7. The van der Waals surface area contributed by atoms with E-state index in [9.17, 15) is 22.7 Å². The van der Waals surface area contributed by atoms with Crippen molar-refractivity contribution in [2.45, 2.75) is 49.8 Å². The number of hydrogen-bond acceptors (Lipinski definition) is 8. The van der Waals surface area contributed by atoms with Gasteiger partial charge in [0.2, 0.25) is 10.0 Å². The number of rotatable bonds is 13. The highest BCUT2D eigenvalue weighted by Gasteiger charge is 2.36. The van der Waals surface area contributed by atoms with Crippen molar-refractivity contribution in [1.29, 1.82) is 0 Å². The molecule has 2 aromatic carbocycles. The Bertz CT molecular complexity index is 1220.